The van der Waals surface area contributed by atoms with E-state index >= 15 is 0 Å². The highest BCUT2D eigenvalue weighted by atomic mass is 79.9. The Morgan fingerprint density at radius 1 is 1.47 bits per heavy atom. The molecule has 4 heteroatoms. The first-order valence-corrected chi connectivity index (χ1v) is 5.70. The molecule has 0 aliphatic rings. The molecule has 0 bridgehead atoms. The van der Waals surface area contributed by atoms with Gasteiger partial charge in [-0.15, -0.1) is 0 Å². The molecule has 1 aromatic rings. The van der Waals surface area contributed by atoms with Crippen LogP contribution in [0.2, 0.25) is 0 Å². The first-order chi connectivity index (χ1) is 7.13. The topological polar surface area (TPSA) is 49.3 Å². The Morgan fingerprint density at radius 2 is 2.07 bits per heavy atom. The molecule has 3 nitrogen and oxygen atoms in total. The number of carbonyl (C=O) groups is 1. The van der Waals surface area contributed by atoms with Crippen LogP contribution in [0.3, 0.4) is 0 Å². The fourth-order valence-corrected chi connectivity index (χ4v) is 1.24. The Morgan fingerprint density at radius 3 is 2.53 bits per heavy atom. The standard InChI is InChI=1S/C11H14BrNO2/c1-8(12)11(15)13-10-4-2-9(3-5-10)6-7-14/h2-5,8,14H,6-7H2,1H3,(H,13,15). The molecule has 0 aliphatic carbocycles. The van der Waals surface area contributed by atoms with E-state index in [9.17, 15) is 4.79 Å². The predicted molar refractivity (Wildman–Crippen MR) is 64.3 cm³/mol. The molecular formula is C11H14BrNO2. The van der Waals surface area contributed by atoms with Gasteiger partial charge in [-0.25, -0.2) is 0 Å². The number of amides is 1. The first kappa shape index (κ1) is 12.2. The van der Waals surface area contributed by atoms with Crippen molar-refractivity contribution in [3.63, 3.8) is 0 Å². The van der Waals surface area contributed by atoms with Crippen LogP contribution >= 0.6 is 15.9 Å². The second-order valence-corrected chi connectivity index (χ2v) is 4.65. The lowest BCUT2D eigenvalue weighted by atomic mass is 10.1. The quantitative estimate of drug-likeness (QED) is 0.823. The summed E-state index contributed by atoms with van der Waals surface area (Å²) >= 11 is 3.19. The smallest absolute Gasteiger partial charge is 0.237 e. The van der Waals surface area contributed by atoms with Crippen LogP contribution in [-0.2, 0) is 11.2 Å². The van der Waals surface area contributed by atoms with E-state index in [1.54, 1.807) is 6.92 Å². The van der Waals surface area contributed by atoms with Crippen LogP contribution < -0.4 is 5.32 Å². The maximum absolute atomic E-state index is 11.3. The zero-order valence-electron chi connectivity index (χ0n) is 8.53. The van der Waals surface area contributed by atoms with Gasteiger partial charge in [0.15, 0.2) is 0 Å². The molecule has 1 aromatic carbocycles. The molecule has 1 rings (SSSR count). The number of benzene rings is 1. The van der Waals surface area contributed by atoms with Gasteiger partial charge < -0.3 is 10.4 Å². The van der Waals surface area contributed by atoms with Crippen LogP contribution in [0.5, 0.6) is 0 Å². The molecule has 0 radical (unpaired) electrons. The van der Waals surface area contributed by atoms with Gasteiger partial charge >= 0.3 is 0 Å². The maximum atomic E-state index is 11.3. The summed E-state index contributed by atoms with van der Waals surface area (Å²) < 4.78 is 0. The monoisotopic (exact) mass is 271 g/mol. The second kappa shape index (κ2) is 5.88. The Bertz CT molecular complexity index is 322. The molecular weight excluding hydrogens is 258 g/mol. The number of hydrogen-bond donors (Lipinski definition) is 2. The largest absolute Gasteiger partial charge is 0.396 e. The highest BCUT2D eigenvalue weighted by Crippen LogP contribution is 2.11. The molecule has 0 fully saturated rings. The molecule has 0 heterocycles. The molecule has 0 saturated carbocycles. The third-order valence-electron chi connectivity index (χ3n) is 1.98. The van der Waals surface area contributed by atoms with Crippen molar-refractivity contribution in [2.75, 3.05) is 11.9 Å². The van der Waals surface area contributed by atoms with Crippen LogP contribution in [-0.4, -0.2) is 22.4 Å². The summed E-state index contributed by atoms with van der Waals surface area (Å²) in [5, 5.41) is 11.5. The second-order valence-electron chi connectivity index (χ2n) is 3.28. The molecule has 0 aromatic heterocycles. The number of halogens is 1. The Kier molecular flexibility index (Phi) is 4.78. The summed E-state index contributed by atoms with van der Waals surface area (Å²) in [6.45, 7) is 1.92. The predicted octanol–water partition coefficient (Wildman–Crippen LogP) is 1.94. The van der Waals surface area contributed by atoms with Gasteiger partial charge in [0.2, 0.25) is 5.91 Å². The van der Waals surface area contributed by atoms with E-state index < -0.39 is 0 Å². The molecule has 2 N–H and O–H groups in total. The van der Waals surface area contributed by atoms with Crippen molar-refractivity contribution in [2.24, 2.45) is 0 Å². The van der Waals surface area contributed by atoms with Crippen LogP contribution in [0.4, 0.5) is 5.69 Å². The number of aliphatic hydroxyl groups excluding tert-OH is 1. The van der Waals surface area contributed by atoms with Crippen LogP contribution in [0, 0.1) is 0 Å². The van der Waals surface area contributed by atoms with Crippen molar-refractivity contribution in [1.29, 1.82) is 0 Å². The van der Waals surface area contributed by atoms with Gasteiger partial charge in [-0.3, -0.25) is 4.79 Å². The summed E-state index contributed by atoms with van der Waals surface area (Å²) in [4.78, 5) is 11.1. The van der Waals surface area contributed by atoms with Gasteiger partial charge in [-0.1, -0.05) is 28.1 Å². The van der Waals surface area contributed by atoms with Crippen LogP contribution in [0.25, 0.3) is 0 Å². The van der Waals surface area contributed by atoms with E-state index in [2.05, 4.69) is 21.2 Å². The van der Waals surface area contributed by atoms with E-state index in [4.69, 9.17) is 5.11 Å². The van der Waals surface area contributed by atoms with E-state index in [-0.39, 0.29) is 17.3 Å². The van der Waals surface area contributed by atoms with Gasteiger partial charge in [-0.2, -0.15) is 0 Å². The van der Waals surface area contributed by atoms with Crippen molar-refractivity contribution in [3.8, 4) is 0 Å². The third kappa shape index (κ3) is 4.01. The zero-order valence-corrected chi connectivity index (χ0v) is 10.1. The molecule has 1 atom stereocenters. The number of carbonyl (C=O) groups excluding carboxylic acids is 1. The van der Waals surface area contributed by atoms with Crippen molar-refractivity contribution >= 4 is 27.5 Å². The number of aliphatic hydroxyl groups is 1. The average Bonchev–Trinajstić information content (AvgIpc) is 2.21. The average molecular weight is 272 g/mol. The fraction of sp³-hybridized carbons (Fsp3) is 0.364. The lowest BCUT2D eigenvalue weighted by Crippen LogP contribution is -2.19. The van der Waals surface area contributed by atoms with E-state index in [0.29, 0.717) is 6.42 Å². The Labute approximate surface area is 97.6 Å². The molecule has 15 heavy (non-hydrogen) atoms. The molecule has 1 amide bonds. The summed E-state index contributed by atoms with van der Waals surface area (Å²) in [7, 11) is 0. The van der Waals surface area contributed by atoms with Gasteiger partial charge in [0.25, 0.3) is 0 Å². The van der Waals surface area contributed by atoms with E-state index in [0.717, 1.165) is 11.3 Å². The third-order valence-corrected chi connectivity index (χ3v) is 2.40. The lowest BCUT2D eigenvalue weighted by Gasteiger charge is -2.07. The molecule has 0 spiro atoms. The Hall–Kier alpha value is -0.870. The summed E-state index contributed by atoms with van der Waals surface area (Å²) in [5.41, 5.74) is 1.83. The molecule has 0 saturated heterocycles. The minimum atomic E-state index is -0.199. The number of anilines is 1. The van der Waals surface area contributed by atoms with Crippen LogP contribution in [0.15, 0.2) is 24.3 Å². The zero-order chi connectivity index (χ0) is 11.3. The van der Waals surface area contributed by atoms with Gasteiger partial charge in [0, 0.05) is 12.3 Å². The Balaban J connectivity index is 2.60. The molecule has 0 aliphatic heterocycles. The van der Waals surface area contributed by atoms with Crippen molar-refractivity contribution in [2.45, 2.75) is 18.2 Å². The first-order valence-electron chi connectivity index (χ1n) is 4.78. The summed E-state index contributed by atoms with van der Waals surface area (Å²) in [5.74, 6) is -0.0649. The van der Waals surface area contributed by atoms with Crippen LogP contribution in [0.1, 0.15) is 12.5 Å². The van der Waals surface area contributed by atoms with E-state index in [1.807, 2.05) is 24.3 Å². The molecule has 1 unspecified atom stereocenters. The van der Waals surface area contributed by atoms with Crippen molar-refractivity contribution in [3.05, 3.63) is 29.8 Å². The SMILES string of the molecule is CC(Br)C(=O)Nc1ccc(CCO)cc1. The number of alkyl halides is 1. The van der Waals surface area contributed by atoms with Gasteiger partial charge in [-0.05, 0) is 31.0 Å². The molecule has 82 valence electrons. The summed E-state index contributed by atoms with van der Waals surface area (Å²) in [6.07, 6.45) is 0.642. The van der Waals surface area contributed by atoms with Gasteiger partial charge in [0.05, 0.1) is 4.83 Å². The number of rotatable bonds is 4. The van der Waals surface area contributed by atoms with Gasteiger partial charge in [0.1, 0.15) is 0 Å². The fourth-order valence-electron chi connectivity index (χ4n) is 1.13. The highest BCUT2D eigenvalue weighted by molar-refractivity contribution is 9.10. The van der Waals surface area contributed by atoms with Crippen molar-refractivity contribution < 1.29 is 9.90 Å². The number of hydrogen-bond acceptors (Lipinski definition) is 2. The highest BCUT2D eigenvalue weighted by Gasteiger charge is 2.07. The number of nitrogens with one attached hydrogen (secondary N) is 1. The minimum absolute atomic E-state index is 0.0649. The van der Waals surface area contributed by atoms with E-state index in [1.165, 1.54) is 0 Å². The maximum Gasteiger partial charge on any atom is 0.237 e. The normalized spacial score (nSPS) is 12.2. The lowest BCUT2D eigenvalue weighted by molar-refractivity contribution is -0.115. The van der Waals surface area contributed by atoms with Crippen molar-refractivity contribution in [1.82, 2.24) is 0 Å². The minimum Gasteiger partial charge on any atom is -0.396 e. The summed E-state index contributed by atoms with van der Waals surface area (Å²) in [6, 6.07) is 7.45.